The maximum absolute atomic E-state index is 13.5. The maximum Gasteiger partial charge on any atom is 0.237 e. The van der Waals surface area contributed by atoms with E-state index in [0.717, 1.165) is 12.8 Å². The van der Waals surface area contributed by atoms with Crippen LogP contribution in [0.5, 0.6) is 0 Å². The van der Waals surface area contributed by atoms with Crippen molar-refractivity contribution in [3.05, 3.63) is 33.6 Å². The summed E-state index contributed by atoms with van der Waals surface area (Å²) in [5.74, 6) is -0.570. The summed E-state index contributed by atoms with van der Waals surface area (Å²) >= 11 is 11.7. The first kappa shape index (κ1) is 15.5. The Morgan fingerprint density at radius 2 is 1.95 bits per heavy atom. The van der Waals surface area contributed by atoms with E-state index >= 15 is 0 Å². The van der Waals surface area contributed by atoms with E-state index in [2.05, 4.69) is 10.6 Å². The molecule has 3 nitrogen and oxygen atoms in total. The third-order valence-electron chi connectivity index (χ3n) is 3.32. The Labute approximate surface area is 127 Å². The molecule has 0 spiro atoms. The first-order valence-corrected chi connectivity index (χ1v) is 7.35. The quantitative estimate of drug-likeness (QED) is 0.816. The first-order valence-electron chi connectivity index (χ1n) is 6.59. The molecule has 1 aromatic rings. The van der Waals surface area contributed by atoms with Crippen molar-refractivity contribution < 1.29 is 9.18 Å². The molecule has 0 heterocycles. The zero-order chi connectivity index (χ0) is 14.9. The molecule has 0 bridgehead atoms. The molecule has 0 radical (unpaired) electrons. The van der Waals surface area contributed by atoms with Gasteiger partial charge in [0, 0.05) is 17.1 Å². The van der Waals surface area contributed by atoms with Crippen LogP contribution in [0.15, 0.2) is 12.1 Å². The highest BCUT2D eigenvalue weighted by Crippen LogP contribution is 2.28. The summed E-state index contributed by atoms with van der Waals surface area (Å²) in [5.41, 5.74) is 0.583. The lowest BCUT2D eigenvalue weighted by atomic mass is 10.1. The zero-order valence-electron chi connectivity index (χ0n) is 11.3. The fourth-order valence-corrected chi connectivity index (χ4v) is 2.51. The van der Waals surface area contributed by atoms with Crippen LogP contribution in [0, 0.1) is 5.82 Å². The van der Waals surface area contributed by atoms with Gasteiger partial charge in [0.2, 0.25) is 5.91 Å². The predicted octanol–water partition coefficient (Wildman–Crippen LogP) is 3.45. The number of halogens is 3. The van der Waals surface area contributed by atoms with Crippen molar-refractivity contribution in [2.24, 2.45) is 0 Å². The van der Waals surface area contributed by atoms with Crippen LogP contribution in [0.1, 0.15) is 38.3 Å². The van der Waals surface area contributed by atoms with Gasteiger partial charge in [-0.15, -0.1) is 0 Å². The number of nitrogens with one attached hydrogen (secondary N) is 2. The van der Waals surface area contributed by atoms with E-state index in [1.54, 1.807) is 6.92 Å². The topological polar surface area (TPSA) is 41.1 Å². The number of amides is 1. The third kappa shape index (κ3) is 3.84. The molecule has 20 heavy (non-hydrogen) atoms. The zero-order valence-corrected chi connectivity index (χ0v) is 12.9. The van der Waals surface area contributed by atoms with Crippen LogP contribution in [0.2, 0.25) is 10.0 Å². The Bertz CT molecular complexity index is 520. The summed E-state index contributed by atoms with van der Waals surface area (Å²) in [6, 6.07) is 2.36. The van der Waals surface area contributed by atoms with Crippen LogP contribution in [-0.4, -0.2) is 18.0 Å². The Hall–Kier alpha value is -0.840. The molecule has 0 aliphatic heterocycles. The number of benzene rings is 1. The molecule has 1 aromatic carbocycles. The van der Waals surface area contributed by atoms with Gasteiger partial charge in [-0.05, 0) is 44.4 Å². The van der Waals surface area contributed by atoms with Crippen LogP contribution < -0.4 is 10.6 Å². The van der Waals surface area contributed by atoms with E-state index < -0.39 is 5.82 Å². The molecule has 0 saturated heterocycles. The van der Waals surface area contributed by atoms with E-state index in [1.165, 1.54) is 12.1 Å². The standard InChI is InChI=1S/C14H17Cl2FN2O/c1-7(10-5-13(17)12(16)6-11(10)15)18-8(2)14(20)19-9-3-4-9/h5-9,18H,3-4H2,1-2H3,(H,19,20)/t7-,8-/m0/s1. The van der Waals surface area contributed by atoms with Crippen LogP contribution >= 0.6 is 23.2 Å². The number of hydrogen-bond acceptors (Lipinski definition) is 2. The van der Waals surface area contributed by atoms with E-state index in [9.17, 15) is 9.18 Å². The van der Waals surface area contributed by atoms with Crippen molar-refractivity contribution in [3.8, 4) is 0 Å². The van der Waals surface area contributed by atoms with E-state index in [1.807, 2.05) is 6.92 Å². The first-order chi connectivity index (χ1) is 9.38. The van der Waals surface area contributed by atoms with Gasteiger partial charge in [-0.1, -0.05) is 23.2 Å². The molecule has 1 saturated carbocycles. The fraction of sp³-hybridized carbons (Fsp3) is 0.500. The summed E-state index contributed by atoms with van der Waals surface area (Å²) in [6.07, 6.45) is 2.09. The largest absolute Gasteiger partial charge is 0.352 e. The van der Waals surface area contributed by atoms with E-state index in [-0.39, 0.29) is 23.0 Å². The molecule has 1 aliphatic carbocycles. The van der Waals surface area contributed by atoms with Gasteiger partial charge in [-0.2, -0.15) is 0 Å². The van der Waals surface area contributed by atoms with E-state index in [0.29, 0.717) is 16.6 Å². The highest BCUT2D eigenvalue weighted by Gasteiger charge is 2.26. The highest BCUT2D eigenvalue weighted by molar-refractivity contribution is 6.35. The lowest BCUT2D eigenvalue weighted by molar-refractivity contribution is -0.123. The number of carbonyl (C=O) groups excluding carboxylic acids is 1. The molecule has 1 amide bonds. The van der Waals surface area contributed by atoms with Crippen LogP contribution in [0.25, 0.3) is 0 Å². The number of rotatable bonds is 5. The molecule has 0 aromatic heterocycles. The molecule has 2 rings (SSSR count). The molecule has 1 fully saturated rings. The molecule has 110 valence electrons. The normalized spacial score (nSPS) is 17.6. The summed E-state index contributed by atoms with van der Waals surface area (Å²) in [6.45, 7) is 3.60. The van der Waals surface area contributed by atoms with Crippen LogP contribution in [0.4, 0.5) is 4.39 Å². The molecule has 2 N–H and O–H groups in total. The van der Waals surface area contributed by atoms with E-state index in [4.69, 9.17) is 23.2 Å². The summed E-state index contributed by atoms with van der Waals surface area (Å²) < 4.78 is 13.5. The van der Waals surface area contributed by atoms with Gasteiger partial charge in [0.1, 0.15) is 5.82 Å². The lowest BCUT2D eigenvalue weighted by Gasteiger charge is -2.21. The summed E-state index contributed by atoms with van der Waals surface area (Å²) in [5, 5.41) is 6.40. The van der Waals surface area contributed by atoms with Gasteiger partial charge in [0.25, 0.3) is 0 Å². The number of hydrogen-bond donors (Lipinski definition) is 2. The lowest BCUT2D eigenvalue weighted by Crippen LogP contribution is -2.43. The molecular formula is C14H17Cl2FN2O. The monoisotopic (exact) mass is 318 g/mol. The summed E-state index contributed by atoms with van der Waals surface area (Å²) in [7, 11) is 0. The summed E-state index contributed by atoms with van der Waals surface area (Å²) in [4.78, 5) is 11.9. The average molecular weight is 319 g/mol. The van der Waals surface area contributed by atoms with Crippen LogP contribution in [-0.2, 0) is 4.79 Å². The van der Waals surface area contributed by atoms with Gasteiger partial charge in [0.05, 0.1) is 11.1 Å². The molecule has 2 atom stereocenters. The van der Waals surface area contributed by atoms with Crippen molar-refractivity contribution in [2.45, 2.75) is 44.8 Å². The van der Waals surface area contributed by atoms with Crippen LogP contribution in [0.3, 0.4) is 0 Å². The van der Waals surface area contributed by atoms with Gasteiger partial charge in [-0.25, -0.2) is 4.39 Å². The Morgan fingerprint density at radius 3 is 2.55 bits per heavy atom. The van der Waals surface area contributed by atoms with Crippen molar-refractivity contribution in [2.75, 3.05) is 0 Å². The maximum atomic E-state index is 13.5. The Kier molecular flexibility index (Phi) is 4.89. The molecular weight excluding hydrogens is 302 g/mol. The third-order valence-corrected chi connectivity index (χ3v) is 3.94. The Balaban J connectivity index is 2.01. The number of carbonyl (C=O) groups is 1. The van der Waals surface area contributed by atoms with Gasteiger partial charge in [0.15, 0.2) is 0 Å². The SMILES string of the molecule is C[C@H](N[C@@H](C)c1cc(F)c(Cl)cc1Cl)C(=O)NC1CC1. The fourth-order valence-electron chi connectivity index (χ4n) is 1.96. The predicted molar refractivity (Wildman–Crippen MR) is 78.6 cm³/mol. The minimum absolute atomic E-state index is 0.00882. The molecule has 0 unspecified atom stereocenters. The van der Waals surface area contributed by atoms with Crippen molar-refractivity contribution in [1.29, 1.82) is 0 Å². The molecule has 1 aliphatic rings. The Morgan fingerprint density at radius 1 is 1.30 bits per heavy atom. The highest BCUT2D eigenvalue weighted by atomic mass is 35.5. The van der Waals surface area contributed by atoms with Crippen molar-refractivity contribution >= 4 is 29.1 Å². The van der Waals surface area contributed by atoms with Gasteiger partial charge >= 0.3 is 0 Å². The van der Waals surface area contributed by atoms with Gasteiger partial charge in [-0.3, -0.25) is 10.1 Å². The minimum atomic E-state index is -0.519. The minimum Gasteiger partial charge on any atom is -0.352 e. The van der Waals surface area contributed by atoms with Crippen molar-refractivity contribution in [3.63, 3.8) is 0 Å². The molecule has 6 heteroatoms. The second kappa shape index (κ2) is 6.29. The van der Waals surface area contributed by atoms with Gasteiger partial charge < -0.3 is 5.32 Å². The second-order valence-electron chi connectivity index (χ2n) is 5.18. The smallest absolute Gasteiger partial charge is 0.237 e. The van der Waals surface area contributed by atoms with Crippen molar-refractivity contribution in [1.82, 2.24) is 10.6 Å². The second-order valence-corrected chi connectivity index (χ2v) is 6.00. The average Bonchev–Trinajstić information content (AvgIpc) is 3.17.